The van der Waals surface area contributed by atoms with E-state index in [-0.39, 0.29) is 46.9 Å². The molecular weight excluding hydrogens is 444 g/mol. The highest BCUT2D eigenvalue weighted by Crippen LogP contribution is 2.55. The first-order chi connectivity index (χ1) is 16.8. The van der Waals surface area contributed by atoms with Crippen LogP contribution in [0.5, 0.6) is 0 Å². The number of carbonyl (C=O) groups is 2. The van der Waals surface area contributed by atoms with E-state index in [2.05, 4.69) is 34.4 Å². The van der Waals surface area contributed by atoms with Crippen molar-refractivity contribution in [2.75, 3.05) is 39.4 Å². The lowest BCUT2D eigenvalue weighted by Gasteiger charge is -2.56. The Morgan fingerprint density at radius 2 is 2.00 bits per heavy atom. The Hall–Kier alpha value is -2.03. The van der Waals surface area contributed by atoms with Gasteiger partial charge in [0.25, 0.3) is 5.91 Å². The Morgan fingerprint density at radius 1 is 1.26 bits per heavy atom. The Kier molecular flexibility index (Phi) is 8.45. The molecule has 8 heteroatoms. The topological polar surface area (TPSA) is 104 Å². The molecule has 3 aliphatic rings. The van der Waals surface area contributed by atoms with E-state index in [1.807, 2.05) is 13.0 Å². The predicted octanol–water partition coefficient (Wildman–Crippen LogP) is 2.09. The monoisotopic (exact) mass is 486 g/mol. The van der Waals surface area contributed by atoms with E-state index in [1.165, 1.54) is 0 Å². The van der Waals surface area contributed by atoms with Crippen LogP contribution < -0.4 is 10.6 Å². The number of aliphatic hydroxyl groups excluding tert-OH is 1. The average molecular weight is 487 g/mol. The maximum Gasteiger partial charge on any atom is 0.270 e. The van der Waals surface area contributed by atoms with Gasteiger partial charge < -0.3 is 20.5 Å². The van der Waals surface area contributed by atoms with Crippen LogP contribution in [0.4, 0.5) is 0 Å². The summed E-state index contributed by atoms with van der Waals surface area (Å²) in [5.41, 5.74) is 0.436. The van der Waals surface area contributed by atoms with Gasteiger partial charge in [-0.05, 0) is 61.0 Å². The van der Waals surface area contributed by atoms with Crippen molar-refractivity contribution < 1.29 is 19.4 Å². The molecule has 0 unspecified atom stereocenters. The first-order valence-corrected chi connectivity index (χ1v) is 13.3. The summed E-state index contributed by atoms with van der Waals surface area (Å²) in [6.07, 6.45) is 4.75. The molecule has 0 radical (unpaired) electrons. The predicted molar refractivity (Wildman–Crippen MR) is 134 cm³/mol. The van der Waals surface area contributed by atoms with Crippen LogP contribution >= 0.6 is 0 Å². The molecule has 7 atom stereocenters. The Bertz CT molecular complexity index is 862. The highest BCUT2D eigenvalue weighted by atomic mass is 16.5. The summed E-state index contributed by atoms with van der Waals surface area (Å²) >= 11 is 0. The number of rotatable bonds is 7. The van der Waals surface area contributed by atoms with Gasteiger partial charge in [0.15, 0.2) is 0 Å². The molecule has 0 aromatic carbocycles. The van der Waals surface area contributed by atoms with Crippen LogP contribution in [-0.4, -0.2) is 78.3 Å². The van der Waals surface area contributed by atoms with Crippen molar-refractivity contribution >= 4 is 11.8 Å². The second-order valence-corrected chi connectivity index (χ2v) is 11.1. The molecule has 2 heterocycles. The molecule has 0 spiro atoms. The van der Waals surface area contributed by atoms with Crippen LogP contribution in [0, 0.1) is 29.1 Å². The minimum absolute atomic E-state index is 0.0198. The summed E-state index contributed by atoms with van der Waals surface area (Å²) in [5.74, 6) is -0.335. The third-order valence-corrected chi connectivity index (χ3v) is 8.99. The van der Waals surface area contributed by atoms with Gasteiger partial charge in [0, 0.05) is 44.3 Å². The molecule has 2 aliphatic carbocycles. The van der Waals surface area contributed by atoms with E-state index < -0.39 is 6.10 Å². The summed E-state index contributed by atoms with van der Waals surface area (Å²) in [6, 6.07) is 5.31. The number of nitrogens with one attached hydrogen (secondary N) is 2. The van der Waals surface area contributed by atoms with Crippen LogP contribution in [0.25, 0.3) is 0 Å². The molecule has 2 amide bonds. The molecule has 1 aliphatic heterocycles. The summed E-state index contributed by atoms with van der Waals surface area (Å²) in [4.78, 5) is 32.2. The maximum atomic E-state index is 13.0. The smallest absolute Gasteiger partial charge is 0.270 e. The Morgan fingerprint density at radius 3 is 2.71 bits per heavy atom. The van der Waals surface area contributed by atoms with Gasteiger partial charge >= 0.3 is 0 Å². The zero-order valence-electron chi connectivity index (χ0n) is 21.4. The number of carbonyl (C=O) groups excluding carboxylic acids is 2. The average Bonchev–Trinajstić information content (AvgIpc) is 2.86. The van der Waals surface area contributed by atoms with Crippen molar-refractivity contribution in [2.45, 2.75) is 58.6 Å². The Labute approximate surface area is 209 Å². The summed E-state index contributed by atoms with van der Waals surface area (Å²) < 4.78 is 5.38. The van der Waals surface area contributed by atoms with Gasteiger partial charge in [-0.2, -0.15) is 0 Å². The van der Waals surface area contributed by atoms with Crippen LogP contribution in [0.2, 0.25) is 0 Å². The van der Waals surface area contributed by atoms with Gasteiger partial charge in [-0.1, -0.05) is 26.8 Å². The lowest BCUT2D eigenvalue weighted by Crippen LogP contribution is -2.58. The van der Waals surface area contributed by atoms with E-state index >= 15 is 0 Å². The molecule has 3 N–H and O–H groups in total. The van der Waals surface area contributed by atoms with Gasteiger partial charge in [0.05, 0.1) is 19.3 Å². The summed E-state index contributed by atoms with van der Waals surface area (Å²) in [6.45, 7) is 11.1. The largest absolute Gasteiger partial charge is 0.392 e. The number of fused-ring (bicyclic) bond motifs is 1. The molecule has 3 fully saturated rings. The van der Waals surface area contributed by atoms with E-state index in [1.54, 1.807) is 18.3 Å². The fraction of sp³-hybridized carbons (Fsp3) is 0.741. The first kappa shape index (κ1) is 26.0. The van der Waals surface area contributed by atoms with Crippen LogP contribution in [0.3, 0.4) is 0 Å². The Balaban J connectivity index is 1.36. The van der Waals surface area contributed by atoms with Crippen molar-refractivity contribution in [3.63, 3.8) is 0 Å². The second-order valence-electron chi connectivity index (χ2n) is 11.1. The molecule has 0 bridgehead atoms. The number of pyridine rings is 1. The molecule has 1 saturated heterocycles. The number of nitrogens with zero attached hydrogens (tertiary/aromatic N) is 2. The number of hydrogen-bond donors (Lipinski definition) is 3. The van der Waals surface area contributed by atoms with Crippen molar-refractivity contribution in [3.05, 3.63) is 30.1 Å². The van der Waals surface area contributed by atoms with E-state index in [9.17, 15) is 14.7 Å². The molecule has 4 rings (SSSR count). The van der Waals surface area contributed by atoms with Crippen molar-refractivity contribution in [3.8, 4) is 0 Å². The van der Waals surface area contributed by atoms with Crippen molar-refractivity contribution in [1.82, 2.24) is 20.5 Å². The first-order valence-electron chi connectivity index (χ1n) is 13.3. The van der Waals surface area contributed by atoms with Gasteiger partial charge in [-0.25, -0.2) is 0 Å². The lowest BCUT2D eigenvalue weighted by atomic mass is 9.51. The minimum atomic E-state index is -0.571. The van der Waals surface area contributed by atoms with Gasteiger partial charge in [-0.15, -0.1) is 0 Å². The van der Waals surface area contributed by atoms with Crippen LogP contribution in [-0.2, 0) is 9.53 Å². The van der Waals surface area contributed by atoms with Crippen LogP contribution in [0.1, 0.15) is 56.9 Å². The number of aliphatic hydroxyl groups is 1. The molecule has 1 aromatic heterocycles. The lowest BCUT2D eigenvalue weighted by molar-refractivity contribution is -0.142. The second kappa shape index (κ2) is 11.4. The van der Waals surface area contributed by atoms with Crippen LogP contribution in [0.15, 0.2) is 24.4 Å². The highest BCUT2D eigenvalue weighted by molar-refractivity contribution is 5.92. The molecule has 2 saturated carbocycles. The van der Waals surface area contributed by atoms with E-state index in [4.69, 9.17) is 4.74 Å². The van der Waals surface area contributed by atoms with Gasteiger partial charge in [0.1, 0.15) is 5.69 Å². The molecule has 1 aromatic rings. The number of morpholine rings is 1. The van der Waals surface area contributed by atoms with E-state index in [0.29, 0.717) is 12.2 Å². The standard InChI is InChI=1S/C27H42N4O4/c1-18(25(33)29-12-13-31-14-16-35-17-15-31)20-7-9-27(3)10-8-21(19(2)23(27)24(20)32)30-26(34)22-6-4-5-11-28-22/h4-6,11,18-21,23-24,32H,7-10,12-17H2,1-3H3,(H,29,33)(H,30,34)/t18-,19+,20-,21-,23+,24-,27-/m0/s1. The number of hydrogen-bond acceptors (Lipinski definition) is 6. The maximum absolute atomic E-state index is 13.0. The highest BCUT2D eigenvalue weighted by Gasteiger charge is 2.53. The molecular formula is C27H42N4O4. The molecule has 194 valence electrons. The quantitative estimate of drug-likeness (QED) is 0.545. The zero-order chi connectivity index (χ0) is 25.0. The number of ether oxygens (including phenoxy) is 1. The zero-order valence-corrected chi connectivity index (χ0v) is 21.4. The fourth-order valence-electron chi connectivity index (χ4n) is 6.75. The summed E-state index contributed by atoms with van der Waals surface area (Å²) in [7, 11) is 0. The van der Waals surface area contributed by atoms with Gasteiger partial charge in [-0.3, -0.25) is 19.5 Å². The van der Waals surface area contributed by atoms with Gasteiger partial charge in [0.2, 0.25) is 5.91 Å². The third kappa shape index (κ3) is 5.87. The van der Waals surface area contributed by atoms with Crippen molar-refractivity contribution in [1.29, 1.82) is 0 Å². The molecule has 8 nitrogen and oxygen atoms in total. The normalized spacial score (nSPS) is 34.5. The molecule has 35 heavy (non-hydrogen) atoms. The SMILES string of the molecule is C[C@H]1[C@@H]2[C@@H](O)[C@H]([C@H](C)C(=O)NCCN3CCOCC3)CC[C@@]2(C)CC[C@@H]1NC(=O)c1ccccn1. The fourth-order valence-corrected chi connectivity index (χ4v) is 6.75. The number of amides is 2. The minimum Gasteiger partial charge on any atom is -0.392 e. The van der Waals surface area contributed by atoms with Crippen molar-refractivity contribution in [2.24, 2.45) is 29.1 Å². The number of aromatic nitrogens is 1. The van der Waals surface area contributed by atoms with E-state index in [0.717, 1.165) is 58.5 Å². The third-order valence-electron chi connectivity index (χ3n) is 8.99. The summed E-state index contributed by atoms with van der Waals surface area (Å²) in [5, 5.41) is 17.9.